The van der Waals surface area contributed by atoms with Gasteiger partial charge in [0.1, 0.15) is 0 Å². The van der Waals surface area contributed by atoms with Crippen LogP contribution in [0.5, 0.6) is 0 Å². The summed E-state index contributed by atoms with van der Waals surface area (Å²) in [5.74, 6) is -0.336. The Balaban J connectivity index is 1.86. The van der Waals surface area contributed by atoms with Gasteiger partial charge in [0.15, 0.2) is 0 Å². The zero-order valence-electron chi connectivity index (χ0n) is 16.3. The van der Waals surface area contributed by atoms with Gasteiger partial charge in [-0.3, -0.25) is 9.59 Å². The van der Waals surface area contributed by atoms with E-state index in [0.29, 0.717) is 30.9 Å². The van der Waals surface area contributed by atoms with Crippen molar-refractivity contribution in [1.82, 2.24) is 14.5 Å². The Hall–Kier alpha value is -2.23. The minimum Gasteiger partial charge on any atom is -0.354 e. The number of thiophene rings is 1. The molecule has 1 aromatic heterocycles. The van der Waals surface area contributed by atoms with E-state index in [1.165, 1.54) is 15.6 Å². The van der Waals surface area contributed by atoms with Gasteiger partial charge in [0.25, 0.3) is 5.91 Å². The van der Waals surface area contributed by atoms with Crippen molar-refractivity contribution in [3.63, 3.8) is 0 Å². The summed E-state index contributed by atoms with van der Waals surface area (Å²) < 4.78 is 26.5. The molecule has 1 atom stereocenters. The second kappa shape index (κ2) is 9.51. The van der Waals surface area contributed by atoms with E-state index in [9.17, 15) is 18.0 Å². The Labute approximate surface area is 175 Å². The zero-order chi connectivity index (χ0) is 20.9. The molecule has 0 saturated carbocycles. The van der Waals surface area contributed by atoms with Crippen LogP contribution in [0.3, 0.4) is 0 Å². The molecular weight excluding hydrogens is 410 g/mol. The molecular formula is C20H25N3O4S2. The molecule has 3 rings (SSSR count). The van der Waals surface area contributed by atoms with Gasteiger partial charge in [-0.1, -0.05) is 36.4 Å². The quantitative estimate of drug-likeness (QED) is 0.800. The smallest absolute Gasteiger partial charge is 0.263 e. The van der Waals surface area contributed by atoms with Crippen molar-refractivity contribution in [1.29, 1.82) is 0 Å². The molecule has 0 radical (unpaired) electrons. The van der Waals surface area contributed by atoms with E-state index in [1.54, 1.807) is 11.0 Å². The maximum atomic E-state index is 12.7. The molecule has 1 aromatic carbocycles. The van der Waals surface area contributed by atoms with Crippen LogP contribution in [0.2, 0.25) is 0 Å². The Kier molecular flexibility index (Phi) is 7.05. The Morgan fingerprint density at radius 2 is 1.86 bits per heavy atom. The molecule has 156 valence electrons. The lowest BCUT2D eigenvalue weighted by atomic mass is 10.0. The van der Waals surface area contributed by atoms with E-state index in [-0.39, 0.29) is 24.8 Å². The van der Waals surface area contributed by atoms with Gasteiger partial charge < -0.3 is 10.2 Å². The van der Waals surface area contributed by atoms with Crippen LogP contribution in [0.15, 0.2) is 47.8 Å². The fourth-order valence-corrected chi connectivity index (χ4v) is 5.29. The first kappa shape index (κ1) is 21.5. The molecule has 0 bridgehead atoms. The van der Waals surface area contributed by atoms with E-state index >= 15 is 0 Å². The van der Waals surface area contributed by atoms with Crippen LogP contribution in [-0.4, -0.2) is 61.9 Å². The van der Waals surface area contributed by atoms with Crippen LogP contribution in [-0.2, 0) is 14.8 Å². The molecule has 1 unspecified atom stereocenters. The molecule has 7 nitrogen and oxygen atoms in total. The van der Waals surface area contributed by atoms with E-state index in [2.05, 4.69) is 5.32 Å². The number of carbonyl (C=O) groups excluding carboxylic acids is 2. The summed E-state index contributed by atoms with van der Waals surface area (Å²) in [6, 6.07) is 12.2. The second-order valence-corrected chi connectivity index (χ2v) is 9.86. The van der Waals surface area contributed by atoms with E-state index < -0.39 is 16.1 Å². The number of hydrogen-bond donors (Lipinski definition) is 1. The highest BCUT2D eigenvalue weighted by Gasteiger charge is 2.30. The summed E-state index contributed by atoms with van der Waals surface area (Å²) in [7, 11) is -3.56. The van der Waals surface area contributed by atoms with Gasteiger partial charge in [0.05, 0.1) is 17.2 Å². The van der Waals surface area contributed by atoms with Gasteiger partial charge in [-0.05, 0) is 23.4 Å². The predicted molar refractivity (Wildman–Crippen MR) is 113 cm³/mol. The number of carbonyl (C=O) groups is 2. The number of hydrogen-bond acceptors (Lipinski definition) is 5. The molecule has 9 heteroatoms. The summed E-state index contributed by atoms with van der Waals surface area (Å²) in [6.45, 7) is 1.37. The average molecular weight is 436 g/mol. The summed E-state index contributed by atoms with van der Waals surface area (Å²) >= 11 is 1.37. The molecule has 1 aliphatic rings. The fourth-order valence-electron chi connectivity index (χ4n) is 3.48. The van der Waals surface area contributed by atoms with Crippen molar-refractivity contribution in [2.45, 2.75) is 18.9 Å². The van der Waals surface area contributed by atoms with Crippen molar-refractivity contribution in [3.8, 4) is 0 Å². The first-order valence-corrected chi connectivity index (χ1v) is 12.2. The number of nitrogens with zero attached hydrogens (tertiary/aromatic N) is 2. The van der Waals surface area contributed by atoms with E-state index in [0.717, 1.165) is 11.8 Å². The van der Waals surface area contributed by atoms with Gasteiger partial charge in [-0.15, -0.1) is 11.3 Å². The van der Waals surface area contributed by atoms with Crippen molar-refractivity contribution < 1.29 is 18.0 Å². The normalized spacial score (nSPS) is 20.0. The highest BCUT2D eigenvalue weighted by molar-refractivity contribution is 7.88. The Morgan fingerprint density at radius 1 is 1.10 bits per heavy atom. The molecule has 0 aliphatic carbocycles. The SMILES string of the molecule is CS(=O)(=O)N1CCCN(C(=O)c2cccs2)CCNC(=O)CC1c1ccccc1. The average Bonchev–Trinajstić information content (AvgIpc) is 3.21. The minimum atomic E-state index is -3.56. The monoisotopic (exact) mass is 435 g/mol. The third-order valence-electron chi connectivity index (χ3n) is 4.87. The number of sulfonamides is 1. The van der Waals surface area contributed by atoms with E-state index in [1.807, 2.05) is 41.8 Å². The van der Waals surface area contributed by atoms with Crippen LogP contribution in [0, 0.1) is 0 Å². The molecule has 29 heavy (non-hydrogen) atoms. The van der Waals surface area contributed by atoms with Crippen molar-refractivity contribution >= 4 is 33.2 Å². The zero-order valence-corrected chi connectivity index (χ0v) is 17.9. The Bertz CT molecular complexity index is 930. The third kappa shape index (κ3) is 5.65. The predicted octanol–water partition coefficient (Wildman–Crippen LogP) is 2.10. The fraction of sp³-hybridized carbons (Fsp3) is 0.400. The standard InChI is InChI=1S/C20H25N3O4S2/c1-29(26,27)23-12-6-11-22(20(25)18-9-5-14-28-18)13-10-21-19(24)15-17(23)16-7-3-2-4-8-16/h2-5,7-9,14,17H,6,10-13,15H2,1H3,(H,21,24). The summed E-state index contributed by atoms with van der Waals surface area (Å²) in [5.41, 5.74) is 0.777. The van der Waals surface area contributed by atoms with E-state index in [4.69, 9.17) is 0 Å². The van der Waals surface area contributed by atoms with Gasteiger partial charge in [0.2, 0.25) is 15.9 Å². The van der Waals surface area contributed by atoms with Crippen molar-refractivity contribution in [3.05, 3.63) is 58.3 Å². The summed E-state index contributed by atoms with van der Waals surface area (Å²) in [5, 5.41) is 4.68. The largest absolute Gasteiger partial charge is 0.354 e. The molecule has 2 heterocycles. The molecule has 1 fully saturated rings. The van der Waals surface area contributed by atoms with Gasteiger partial charge in [-0.25, -0.2) is 8.42 Å². The maximum absolute atomic E-state index is 12.7. The highest BCUT2D eigenvalue weighted by atomic mass is 32.2. The van der Waals surface area contributed by atoms with Crippen LogP contribution in [0.4, 0.5) is 0 Å². The molecule has 2 amide bonds. The highest BCUT2D eigenvalue weighted by Crippen LogP contribution is 2.27. The Morgan fingerprint density at radius 3 is 2.52 bits per heavy atom. The first-order valence-electron chi connectivity index (χ1n) is 9.47. The van der Waals surface area contributed by atoms with Crippen LogP contribution in [0.25, 0.3) is 0 Å². The van der Waals surface area contributed by atoms with Crippen LogP contribution in [0.1, 0.15) is 34.1 Å². The first-order chi connectivity index (χ1) is 13.9. The third-order valence-corrected chi connectivity index (χ3v) is 7.01. The minimum absolute atomic E-state index is 0.0377. The topological polar surface area (TPSA) is 86.8 Å². The summed E-state index contributed by atoms with van der Waals surface area (Å²) in [6.07, 6.45) is 1.69. The lowest BCUT2D eigenvalue weighted by molar-refractivity contribution is -0.122. The molecule has 0 spiro atoms. The molecule has 1 saturated heterocycles. The molecule has 2 aromatic rings. The molecule has 1 N–H and O–H groups in total. The number of nitrogens with one attached hydrogen (secondary N) is 1. The van der Waals surface area contributed by atoms with Gasteiger partial charge >= 0.3 is 0 Å². The van der Waals surface area contributed by atoms with Gasteiger partial charge in [-0.2, -0.15) is 4.31 Å². The number of amides is 2. The van der Waals surface area contributed by atoms with Crippen molar-refractivity contribution in [2.24, 2.45) is 0 Å². The number of benzene rings is 1. The number of rotatable bonds is 3. The summed E-state index contributed by atoms with van der Waals surface area (Å²) in [4.78, 5) is 27.6. The molecule has 1 aliphatic heterocycles. The van der Waals surface area contributed by atoms with Crippen molar-refractivity contribution in [2.75, 3.05) is 32.4 Å². The second-order valence-electron chi connectivity index (χ2n) is 6.98. The van der Waals surface area contributed by atoms with Gasteiger partial charge in [0, 0.05) is 32.6 Å². The van der Waals surface area contributed by atoms with Crippen LogP contribution >= 0.6 is 11.3 Å². The van der Waals surface area contributed by atoms with Crippen LogP contribution < -0.4 is 5.32 Å². The lowest BCUT2D eigenvalue weighted by Crippen LogP contribution is -2.38. The maximum Gasteiger partial charge on any atom is 0.263 e. The lowest BCUT2D eigenvalue weighted by Gasteiger charge is -2.30.